The minimum atomic E-state index is -1.33. The number of halogens is 2. The first-order valence-electron chi connectivity index (χ1n) is 8.83. The number of rotatable bonds is 3. The summed E-state index contributed by atoms with van der Waals surface area (Å²) in [5.41, 5.74) is 6.86. The fourth-order valence-corrected chi connectivity index (χ4v) is 3.27. The van der Waals surface area contributed by atoms with Crippen LogP contribution in [0.1, 0.15) is 29.6 Å². The van der Waals surface area contributed by atoms with E-state index in [0.717, 1.165) is 6.07 Å². The zero-order chi connectivity index (χ0) is 19.2. The third kappa shape index (κ3) is 2.94. The molecule has 1 saturated heterocycles. The molecule has 5 nitrogen and oxygen atoms in total. The molecule has 26 heavy (non-hydrogen) atoms. The summed E-state index contributed by atoms with van der Waals surface area (Å²) in [6.45, 7) is 0.818. The molecule has 2 aromatic carbocycles. The molecule has 0 unspecified atom stereocenters. The van der Waals surface area contributed by atoms with Gasteiger partial charge in [-0.3, -0.25) is 4.79 Å². The number of benzene rings is 2. The summed E-state index contributed by atoms with van der Waals surface area (Å²) >= 11 is 0. The molecule has 1 aliphatic rings. The molecule has 0 spiro atoms. The van der Waals surface area contributed by atoms with Gasteiger partial charge in [0.1, 0.15) is 17.5 Å². The molecular formula is C19H18F2N4O. The van der Waals surface area contributed by atoms with Crippen LogP contribution < -0.4 is 11.1 Å². The molecule has 2 heterocycles. The zero-order valence-corrected chi connectivity index (χ0v) is 13.9. The van der Waals surface area contributed by atoms with Gasteiger partial charge in [0.15, 0.2) is 0 Å². The highest BCUT2D eigenvalue weighted by atomic mass is 19.1. The number of alkyl halides is 1. The fourth-order valence-electron chi connectivity index (χ4n) is 3.27. The number of nitrogens with one attached hydrogen (secondary N) is 1. The second-order valence-corrected chi connectivity index (χ2v) is 6.33. The Morgan fingerprint density at radius 3 is 2.81 bits per heavy atom. The summed E-state index contributed by atoms with van der Waals surface area (Å²) in [6, 6.07) is 9.18. The summed E-state index contributed by atoms with van der Waals surface area (Å²) in [4.78, 5) is 11.5. The lowest BCUT2D eigenvalue weighted by Gasteiger charge is -2.27. The molecule has 1 amide bonds. The van der Waals surface area contributed by atoms with Crippen LogP contribution in [0, 0.1) is 5.82 Å². The quantitative estimate of drug-likeness (QED) is 0.757. The van der Waals surface area contributed by atoms with Crippen LogP contribution >= 0.6 is 0 Å². The van der Waals surface area contributed by atoms with E-state index in [2.05, 4.69) is 10.4 Å². The molecule has 7 heteroatoms. The van der Waals surface area contributed by atoms with E-state index < -0.39 is 23.8 Å². The Bertz CT molecular complexity index is 1020. The second kappa shape index (κ2) is 6.49. The smallest absolute Gasteiger partial charge is 0.251 e. The monoisotopic (exact) mass is 357 g/mol. The first kappa shape index (κ1) is 15.5. The summed E-state index contributed by atoms with van der Waals surface area (Å²) in [6.07, 6.45) is 0.659. The number of hydrogen-bond donors (Lipinski definition) is 2. The lowest BCUT2D eigenvalue weighted by molar-refractivity contribution is 0.100. The van der Waals surface area contributed by atoms with Crippen LogP contribution in [0.3, 0.4) is 0 Å². The van der Waals surface area contributed by atoms with Gasteiger partial charge >= 0.3 is 0 Å². The number of aromatic nitrogens is 2. The van der Waals surface area contributed by atoms with Gasteiger partial charge in [-0.15, -0.1) is 0 Å². The molecule has 0 radical (unpaired) electrons. The van der Waals surface area contributed by atoms with E-state index in [0.29, 0.717) is 35.1 Å². The molecule has 134 valence electrons. The molecular weight excluding hydrogens is 338 g/mol. The molecule has 4 rings (SSSR count). The van der Waals surface area contributed by atoms with Crippen molar-refractivity contribution in [1.82, 2.24) is 15.1 Å². The van der Waals surface area contributed by atoms with Gasteiger partial charge in [-0.25, -0.2) is 13.5 Å². The first-order valence-corrected chi connectivity index (χ1v) is 8.33. The van der Waals surface area contributed by atoms with Crippen molar-refractivity contribution >= 4 is 16.8 Å². The van der Waals surface area contributed by atoms with E-state index in [1.54, 1.807) is 30.5 Å². The van der Waals surface area contributed by atoms with E-state index in [-0.39, 0.29) is 12.1 Å². The van der Waals surface area contributed by atoms with Crippen LogP contribution in [0.25, 0.3) is 16.6 Å². The van der Waals surface area contributed by atoms with Gasteiger partial charge in [0.2, 0.25) is 0 Å². The number of carbonyl (C=O) groups excluding carboxylic acids is 1. The molecule has 0 saturated carbocycles. The summed E-state index contributed by atoms with van der Waals surface area (Å²) < 4.78 is 38.0. The predicted octanol–water partition coefficient (Wildman–Crippen LogP) is 2.68. The van der Waals surface area contributed by atoms with Crippen LogP contribution in [0.2, 0.25) is 0 Å². The number of primary amides is 1. The number of nitrogens with two attached hydrogens (primary N) is 1. The maximum Gasteiger partial charge on any atom is 0.251 e. The SMILES string of the molecule is [2H][C@@]1(c2ccc(-n3cc4cc(F)cc(C(N)=O)c4n3)cc2)CNCC[C@@H]1F. The van der Waals surface area contributed by atoms with Gasteiger partial charge in [0, 0.05) is 25.4 Å². The van der Waals surface area contributed by atoms with Gasteiger partial charge in [0.25, 0.3) is 5.91 Å². The molecule has 1 aromatic heterocycles. The van der Waals surface area contributed by atoms with E-state index in [1.165, 1.54) is 10.7 Å². The standard InChI is InChI=1S/C19H18F2N4O/c20-13-7-12-10-25(24-18(12)15(8-13)19(22)26)14-3-1-11(2-4-14)16-9-23-6-5-17(16)21/h1-4,7-8,10,16-17,23H,5-6,9H2,(H2,22,26)/t16-,17-/m0/s1/i16D. The molecule has 0 bridgehead atoms. The second-order valence-electron chi connectivity index (χ2n) is 6.33. The van der Waals surface area contributed by atoms with Crippen molar-refractivity contribution < 1.29 is 14.9 Å². The Kier molecular flexibility index (Phi) is 3.86. The maximum absolute atomic E-state index is 14.3. The van der Waals surface area contributed by atoms with Crippen molar-refractivity contribution in [3.63, 3.8) is 0 Å². The molecule has 1 aliphatic heterocycles. The topological polar surface area (TPSA) is 72.9 Å². The van der Waals surface area contributed by atoms with E-state index in [9.17, 15) is 13.6 Å². The van der Waals surface area contributed by atoms with Crippen molar-refractivity contribution in [2.45, 2.75) is 18.5 Å². The van der Waals surface area contributed by atoms with Crippen LogP contribution in [-0.4, -0.2) is 34.9 Å². The molecule has 2 atom stereocenters. The van der Waals surface area contributed by atoms with Crippen molar-refractivity contribution in [2.24, 2.45) is 5.73 Å². The Labute approximate surface area is 150 Å². The Balaban J connectivity index is 1.72. The normalized spacial score (nSPS) is 23.8. The molecule has 3 aromatic rings. The van der Waals surface area contributed by atoms with Gasteiger partial charge in [0.05, 0.1) is 11.3 Å². The van der Waals surface area contributed by atoms with Crippen molar-refractivity contribution in [3.05, 3.63) is 59.5 Å². The minimum absolute atomic E-state index is 0.0130. The van der Waals surface area contributed by atoms with Crippen LogP contribution in [0.15, 0.2) is 42.6 Å². The number of carbonyl (C=O) groups is 1. The fraction of sp³-hybridized carbons (Fsp3) is 0.263. The van der Waals surface area contributed by atoms with Crippen LogP contribution in [-0.2, 0) is 0 Å². The average molecular weight is 357 g/mol. The summed E-state index contributed by atoms with van der Waals surface area (Å²) in [5, 5.41) is 7.85. The Morgan fingerprint density at radius 2 is 2.12 bits per heavy atom. The van der Waals surface area contributed by atoms with Gasteiger partial charge in [-0.05, 0) is 42.8 Å². The van der Waals surface area contributed by atoms with Gasteiger partial charge in [-0.1, -0.05) is 12.1 Å². The lowest BCUT2D eigenvalue weighted by atomic mass is 9.90. The average Bonchev–Trinajstić information content (AvgIpc) is 3.07. The number of amides is 1. The third-order valence-electron chi connectivity index (χ3n) is 4.61. The minimum Gasteiger partial charge on any atom is -0.366 e. The number of hydrogen-bond acceptors (Lipinski definition) is 3. The molecule has 3 N–H and O–H groups in total. The van der Waals surface area contributed by atoms with Gasteiger partial charge < -0.3 is 11.1 Å². The van der Waals surface area contributed by atoms with Crippen LogP contribution in [0.4, 0.5) is 8.78 Å². The highest BCUT2D eigenvalue weighted by Crippen LogP contribution is 2.27. The summed E-state index contributed by atoms with van der Waals surface area (Å²) in [5.74, 6) is -2.65. The zero-order valence-electron chi connectivity index (χ0n) is 14.9. The first-order chi connectivity index (χ1) is 12.9. The van der Waals surface area contributed by atoms with Crippen LogP contribution in [0.5, 0.6) is 0 Å². The molecule has 1 fully saturated rings. The van der Waals surface area contributed by atoms with Crippen molar-refractivity contribution in [3.8, 4) is 5.69 Å². The number of piperidine rings is 1. The van der Waals surface area contributed by atoms with Crippen molar-refractivity contribution in [1.29, 1.82) is 0 Å². The summed E-state index contributed by atoms with van der Waals surface area (Å²) in [7, 11) is 0. The largest absolute Gasteiger partial charge is 0.366 e. The number of fused-ring (bicyclic) bond motifs is 1. The van der Waals surface area contributed by atoms with E-state index in [4.69, 9.17) is 7.10 Å². The van der Waals surface area contributed by atoms with Gasteiger partial charge in [-0.2, -0.15) is 5.10 Å². The Morgan fingerprint density at radius 1 is 1.35 bits per heavy atom. The van der Waals surface area contributed by atoms with Crippen molar-refractivity contribution in [2.75, 3.05) is 13.1 Å². The van der Waals surface area contributed by atoms with E-state index >= 15 is 0 Å². The number of nitrogens with zero attached hydrogens (tertiary/aromatic N) is 2. The highest BCUT2D eigenvalue weighted by Gasteiger charge is 2.25. The Hall–Kier alpha value is -2.80. The lowest BCUT2D eigenvalue weighted by Crippen LogP contribution is -2.36. The highest BCUT2D eigenvalue weighted by molar-refractivity contribution is 6.04. The maximum atomic E-state index is 14.3. The predicted molar refractivity (Wildman–Crippen MR) is 94.7 cm³/mol. The third-order valence-corrected chi connectivity index (χ3v) is 4.61. The molecule has 0 aliphatic carbocycles. The van der Waals surface area contributed by atoms with E-state index in [1.807, 2.05) is 0 Å².